The molecule has 0 saturated heterocycles. The predicted molar refractivity (Wildman–Crippen MR) is 127 cm³/mol. The Kier molecular flexibility index (Phi) is 9.46. The van der Waals surface area contributed by atoms with Crippen molar-refractivity contribution in [3.63, 3.8) is 0 Å². The lowest BCUT2D eigenvalue weighted by atomic mass is 10.0. The normalized spacial score (nSPS) is 12.2. The molecule has 29 heavy (non-hydrogen) atoms. The Morgan fingerprint density at radius 3 is 2.59 bits per heavy atom. The molecule has 0 amide bonds. The molecule has 0 aliphatic heterocycles. The van der Waals surface area contributed by atoms with Gasteiger partial charge in [0.2, 0.25) is 0 Å². The number of thioether (sulfide) groups is 1. The number of hydrogen-bond acceptors (Lipinski definition) is 2. The van der Waals surface area contributed by atoms with Gasteiger partial charge in [-0.2, -0.15) is 11.8 Å². The van der Waals surface area contributed by atoms with Crippen molar-refractivity contribution in [2.75, 3.05) is 0 Å². The SMILES string of the molecule is Clc1ccc(CSC(CCCCCn2ccnc2)CCc2ccccc2)c(Cl)c1. The Morgan fingerprint density at radius 1 is 0.966 bits per heavy atom. The molecule has 1 heterocycles. The number of rotatable bonds is 12. The molecule has 0 spiro atoms. The highest BCUT2D eigenvalue weighted by atomic mass is 35.5. The van der Waals surface area contributed by atoms with Crippen molar-refractivity contribution in [2.45, 2.75) is 56.1 Å². The summed E-state index contributed by atoms with van der Waals surface area (Å²) in [5.74, 6) is 0.935. The number of aryl methyl sites for hydroxylation is 2. The summed E-state index contributed by atoms with van der Waals surface area (Å²) in [4.78, 5) is 4.11. The van der Waals surface area contributed by atoms with Gasteiger partial charge in [-0.05, 0) is 48.9 Å². The van der Waals surface area contributed by atoms with Gasteiger partial charge in [0.25, 0.3) is 0 Å². The average molecular weight is 447 g/mol. The third-order valence-electron chi connectivity index (χ3n) is 5.09. The van der Waals surface area contributed by atoms with Crippen molar-refractivity contribution in [2.24, 2.45) is 0 Å². The summed E-state index contributed by atoms with van der Waals surface area (Å²) in [5, 5.41) is 2.10. The first kappa shape index (κ1) is 22.3. The van der Waals surface area contributed by atoms with Gasteiger partial charge < -0.3 is 4.57 Å². The molecule has 3 aromatic rings. The average Bonchev–Trinajstić information content (AvgIpc) is 3.24. The number of unbranched alkanes of at least 4 members (excludes halogenated alkanes) is 2. The lowest BCUT2D eigenvalue weighted by Crippen LogP contribution is -2.06. The van der Waals surface area contributed by atoms with Gasteiger partial charge in [-0.15, -0.1) is 0 Å². The maximum absolute atomic E-state index is 6.38. The van der Waals surface area contributed by atoms with Crippen LogP contribution < -0.4 is 0 Å². The Hall–Kier alpha value is -1.42. The van der Waals surface area contributed by atoms with Crippen molar-refractivity contribution in [3.05, 3.63) is 88.4 Å². The third-order valence-corrected chi connectivity index (χ3v) is 7.10. The summed E-state index contributed by atoms with van der Waals surface area (Å²) in [6.45, 7) is 1.06. The van der Waals surface area contributed by atoms with E-state index in [1.807, 2.05) is 42.6 Å². The molecule has 0 N–H and O–H groups in total. The van der Waals surface area contributed by atoms with Crippen LogP contribution in [0.4, 0.5) is 0 Å². The largest absolute Gasteiger partial charge is 0.337 e. The molecule has 1 aromatic heterocycles. The molecule has 2 nitrogen and oxygen atoms in total. The van der Waals surface area contributed by atoms with Gasteiger partial charge in [-0.3, -0.25) is 0 Å². The van der Waals surface area contributed by atoms with Crippen LogP contribution in [0, 0.1) is 0 Å². The smallest absolute Gasteiger partial charge is 0.0945 e. The third kappa shape index (κ3) is 8.08. The molecule has 154 valence electrons. The Labute approximate surface area is 188 Å². The van der Waals surface area contributed by atoms with E-state index in [4.69, 9.17) is 23.2 Å². The molecule has 2 aromatic carbocycles. The van der Waals surface area contributed by atoms with E-state index in [9.17, 15) is 0 Å². The molecule has 0 saturated carbocycles. The summed E-state index contributed by atoms with van der Waals surface area (Å²) in [5.41, 5.74) is 2.59. The highest BCUT2D eigenvalue weighted by Crippen LogP contribution is 2.30. The number of benzene rings is 2. The zero-order valence-electron chi connectivity index (χ0n) is 16.6. The van der Waals surface area contributed by atoms with E-state index in [2.05, 4.69) is 45.9 Å². The Balaban J connectivity index is 1.47. The lowest BCUT2D eigenvalue weighted by Gasteiger charge is -2.17. The molecule has 1 unspecified atom stereocenters. The van der Waals surface area contributed by atoms with Crippen molar-refractivity contribution >= 4 is 35.0 Å². The molecular formula is C24H28Cl2N2S. The van der Waals surface area contributed by atoms with E-state index >= 15 is 0 Å². The van der Waals surface area contributed by atoms with E-state index in [0.29, 0.717) is 10.3 Å². The highest BCUT2D eigenvalue weighted by molar-refractivity contribution is 7.99. The van der Waals surface area contributed by atoms with Gasteiger partial charge in [0.1, 0.15) is 0 Å². The fraction of sp³-hybridized carbons (Fsp3) is 0.375. The molecule has 1 atom stereocenters. The highest BCUT2D eigenvalue weighted by Gasteiger charge is 2.12. The van der Waals surface area contributed by atoms with Crippen LogP contribution in [-0.4, -0.2) is 14.8 Å². The zero-order valence-corrected chi connectivity index (χ0v) is 19.0. The zero-order chi connectivity index (χ0) is 20.3. The number of halogens is 2. The van der Waals surface area contributed by atoms with E-state index in [1.165, 1.54) is 43.2 Å². The summed E-state index contributed by atoms with van der Waals surface area (Å²) < 4.78 is 2.16. The summed E-state index contributed by atoms with van der Waals surface area (Å²) in [7, 11) is 0. The van der Waals surface area contributed by atoms with Crippen molar-refractivity contribution in [1.29, 1.82) is 0 Å². The van der Waals surface area contributed by atoms with Crippen LogP contribution in [0.2, 0.25) is 10.0 Å². The van der Waals surface area contributed by atoms with Crippen LogP contribution >= 0.6 is 35.0 Å². The Bertz CT molecular complexity index is 837. The first-order valence-electron chi connectivity index (χ1n) is 10.3. The minimum atomic E-state index is 0.634. The molecule has 0 fully saturated rings. The first-order valence-corrected chi connectivity index (χ1v) is 12.1. The molecule has 0 aliphatic rings. The van der Waals surface area contributed by atoms with Gasteiger partial charge in [-0.25, -0.2) is 4.98 Å². The number of nitrogens with zero attached hydrogens (tertiary/aromatic N) is 2. The van der Waals surface area contributed by atoms with Gasteiger partial charge >= 0.3 is 0 Å². The lowest BCUT2D eigenvalue weighted by molar-refractivity contribution is 0.557. The molecular weight excluding hydrogens is 419 g/mol. The maximum Gasteiger partial charge on any atom is 0.0945 e. The second-order valence-corrected chi connectivity index (χ2v) is 9.48. The summed E-state index contributed by atoms with van der Waals surface area (Å²) in [6, 6.07) is 16.6. The van der Waals surface area contributed by atoms with E-state index in [0.717, 1.165) is 23.7 Å². The van der Waals surface area contributed by atoms with Crippen LogP contribution in [0.25, 0.3) is 0 Å². The standard InChI is InChI=1S/C24H28Cl2N2S/c25-22-12-11-21(24(26)17-22)18-29-23(13-10-20-7-3-1-4-8-20)9-5-2-6-15-28-16-14-27-19-28/h1,3-4,7-8,11-12,14,16-17,19,23H,2,5-6,9-10,13,15,18H2. The van der Waals surface area contributed by atoms with Gasteiger partial charge in [0.15, 0.2) is 0 Å². The van der Waals surface area contributed by atoms with Crippen LogP contribution in [-0.2, 0) is 18.7 Å². The quantitative estimate of drug-likeness (QED) is 0.265. The van der Waals surface area contributed by atoms with Gasteiger partial charge in [0, 0.05) is 40.0 Å². The minimum Gasteiger partial charge on any atom is -0.337 e. The van der Waals surface area contributed by atoms with Crippen molar-refractivity contribution in [1.82, 2.24) is 9.55 Å². The molecule has 0 aliphatic carbocycles. The summed E-state index contributed by atoms with van der Waals surface area (Å²) >= 11 is 14.4. The molecule has 0 radical (unpaired) electrons. The number of hydrogen-bond donors (Lipinski definition) is 0. The van der Waals surface area contributed by atoms with Crippen LogP contribution in [0.3, 0.4) is 0 Å². The topological polar surface area (TPSA) is 17.8 Å². The first-order chi connectivity index (χ1) is 14.2. The van der Waals surface area contributed by atoms with E-state index in [1.54, 1.807) is 0 Å². The fourth-order valence-electron chi connectivity index (χ4n) is 3.39. The second kappa shape index (κ2) is 12.3. The molecule has 3 rings (SSSR count). The fourth-order valence-corrected chi connectivity index (χ4v) is 5.23. The monoisotopic (exact) mass is 446 g/mol. The van der Waals surface area contributed by atoms with Crippen LogP contribution in [0.15, 0.2) is 67.3 Å². The number of imidazole rings is 1. The molecule has 0 bridgehead atoms. The van der Waals surface area contributed by atoms with Crippen molar-refractivity contribution < 1.29 is 0 Å². The van der Waals surface area contributed by atoms with Crippen LogP contribution in [0.5, 0.6) is 0 Å². The minimum absolute atomic E-state index is 0.634. The van der Waals surface area contributed by atoms with E-state index < -0.39 is 0 Å². The summed E-state index contributed by atoms with van der Waals surface area (Å²) in [6.07, 6.45) is 13.1. The van der Waals surface area contributed by atoms with E-state index in [-0.39, 0.29) is 0 Å². The second-order valence-electron chi connectivity index (χ2n) is 7.34. The molecule has 5 heteroatoms. The Morgan fingerprint density at radius 2 is 1.83 bits per heavy atom. The maximum atomic E-state index is 6.38. The van der Waals surface area contributed by atoms with Gasteiger partial charge in [-0.1, -0.05) is 72.4 Å². The number of aromatic nitrogens is 2. The van der Waals surface area contributed by atoms with Gasteiger partial charge in [0.05, 0.1) is 6.33 Å². The van der Waals surface area contributed by atoms with Crippen LogP contribution in [0.1, 0.15) is 43.2 Å². The predicted octanol–water partition coefficient (Wildman–Crippen LogP) is 7.69. The van der Waals surface area contributed by atoms with Crippen molar-refractivity contribution in [3.8, 4) is 0 Å².